The molecule has 0 aliphatic rings. The van der Waals surface area contributed by atoms with Crippen molar-refractivity contribution in [2.24, 2.45) is 5.10 Å². The molecule has 0 saturated heterocycles. The topological polar surface area (TPSA) is 73.4 Å². The first kappa shape index (κ1) is 20.3. The Balaban J connectivity index is 1.62. The van der Waals surface area contributed by atoms with Gasteiger partial charge in [0.05, 0.1) is 11.9 Å². The van der Waals surface area contributed by atoms with E-state index in [9.17, 15) is 4.79 Å². The van der Waals surface area contributed by atoms with Crippen LogP contribution in [0.2, 0.25) is 0 Å². The first-order valence-electron chi connectivity index (χ1n) is 9.83. The highest BCUT2D eigenvalue weighted by Crippen LogP contribution is 2.21. The van der Waals surface area contributed by atoms with E-state index in [1.165, 1.54) is 16.8 Å². The number of carbonyl (C=O) groups excluding carboxylic acids is 1. The number of nitrogens with one attached hydrogen (secondary N) is 2. The molecule has 1 aromatic heterocycles. The Bertz CT molecular complexity index is 1000. The number of benzene rings is 2. The number of anilines is 1. The molecule has 0 aliphatic carbocycles. The minimum Gasteiger partial charge on any atom is -0.372 e. The van der Waals surface area contributed by atoms with Crippen LogP contribution in [0.5, 0.6) is 0 Å². The fourth-order valence-corrected chi connectivity index (χ4v) is 3.07. The van der Waals surface area contributed by atoms with Gasteiger partial charge < -0.3 is 4.90 Å². The number of aromatic nitrogens is 2. The molecule has 0 saturated carbocycles. The van der Waals surface area contributed by atoms with Crippen molar-refractivity contribution >= 4 is 17.8 Å². The second kappa shape index (κ2) is 9.19. The molecule has 1 heterocycles. The number of hydrogen-bond acceptors (Lipinski definition) is 4. The first-order valence-corrected chi connectivity index (χ1v) is 9.83. The molecule has 6 nitrogen and oxygen atoms in total. The summed E-state index contributed by atoms with van der Waals surface area (Å²) >= 11 is 0. The van der Waals surface area contributed by atoms with Crippen LogP contribution < -0.4 is 10.3 Å². The minimum absolute atomic E-state index is 0.330. The second-order valence-electron chi connectivity index (χ2n) is 6.93. The SMILES string of the molecule is CCN(CC)c1ccc(C=NNC(=O)c2cc(-c3ccc(C)c(C)c3)n[nH]2)cc1. The number of aromatic amines is 1. The van der Waals surface area contributed by atoms with E-state index in [0.717, 1.165) is 29.9 Å². The Kier molecular flexibility index (Phi) is 6.44. The highest BCUT2D eigenvalue weighted by molar-refractivity contribution is 5.94. The summed E-state index contributed by atoms with van der Waals surface area (Å²) in [6.07, 6.45) is 1.63. The van der Waals surface area contributed by atoms with E-state index in [-0.39, 0.29) is 5.91 Å². The molecular weight excluding hydrogens is 362 g/mol. The van der Waals surface area contributed by atoms with Gasteiger partial charge in [-0.25, -0.2) is 5.43 Å². The van der Waals surface area contributed by atoms with E-state index in [1.54, 1.807) is 12.3 Å². The number of amides is 1. The lowest BCUT2D eigenvalue weighted by molar-refractivity contribution is 0.0950. The lowest BCUT2D eigenvalue weighted by atomic mass is 10.0. The third kappa shape index (κ3) is 4.90. The van der Waals surface area contributed by atoms with Gasteiger partial charge in [-0.15, -0.1) is 0 Å². The maximum atomic E-state index is 12.3. The van der Waals surface area contributed by atoms with Crippen molar-refractivity contribution in [3.05, 3.63) is 70.9 Å². The first-order chi connectivity index (χ1) is 14.0. The van der Waals surface area contributed by atoms with Crippen LogP contribution in [0.1, 0.15) is 41.0 Å². The molecule has 150 valence electrons. The van der Waals surface area contributed by atoms with Gasteiger partial charge in [0.15, 0.2) is 0 Å². The predicted octanol–water partition coefficient (Wildman–Crippen LogP) is 4.30. The fraction of sp³-hybridized carbons (Fsp3) is 0.261. The van der Waals surface area contributed by atoms with Crippen LogP contribution in [-0.2, 0) is 0 Å². The Morgan fingerprint density at radius 3 is 2.45 bits per heavy atom. The zero-order chi connectivity index (χ0) is 20.8. The van der Waals surface area contributed by atoms with Crippen molar-refractivity contribution in [2.75, 3.05) is 18.0 Å². The third-order valence-corrected chi connectivity index (χ3v) is 5.03. The van der Waals surface area contributed by atoms with Crippen LogP contribution in [-0.4, -0.2) is 35.4 Å². The van der Waals surface area contributed by atoms with E-state index in [1.807, 2.05) is 18.2 Å². The maximum Gasteiger partial charge on any atom is 0.289 e. The second-order valence-corrected chi connectivity index (χ2v) is 6.93. The predicted molar refractivity (Wildman–Crippen MR) is 119 cm³/mol. The van der Waals surface area contributed by atoms with Gasteiger partial charge in [0.2, 0.25) is 0 Å². The molecule has 0 radical (unpaired) electrons. The van der Waals surface area contributed by atoms with Crippen LogP contribution in [0.25, 0.3) is 11.3 Å². The van der Waals surface area contributed by atoms with E-state index in [4.69, 9.17) is 0 Å². The van der Waals surface area contributed by atoms with Gasteiger partial charge in [-0.3, -0.25) is 9.89 Å². The van der Waals surface area contributed by atoms with E-state index in [2.05, 4.69) is 77.6 Å². The number of aryl methyl sites for hydroxylation is 2. The largest absolute Gasteiger partial charge is 0.372 e. The van der Waals surface area contributed by atoms with Crippen LogP contribution in [0.3, 0.4) is 0 Å². The average Bonchev–Trinajstić information content (AvgIpc) is 3.22. The number of nitrogens with zero attached hydrogens (tertiary/aromatic N) is 3. The van der Waals surface area contributed by atoms with Crippen molar-refractivity contribution in [1.29, 1.82) is 0 Å². The van der Waals surface area contributed by atoms with Gasteiger partial charge in [-0.2, -0.15) is 10.2 Å². The van der Waals surface area contributed by atoms with Gasteiger partial charge in [0.1, 0.15) is 5.69 Å². The molecule has 0 fully saturated rings. The normalized spacial score (nSPS) is 11.0. The maximum absolute atomic E-state index is 12.3. The summed E-state index contributed by atoms with van der Waals surface area (Å²) in [6.45, 7) is 10.3. The standard InChI is InChI=1S/C23H27N5O/c1-5-28(6-2)20-11-8-18(9-12-20)15-24-27-23(29)22-14-21(25-26-22)19-10-7-16(3)17(4)13-19/h7-15H,5-6H2,1-4H3,(H,25,26)(H,27,29). The van der Waals surface area contributed by atoms with Crippen molar-refractivity contribution in [2.45, 2.75) is 27.7 Å². The molecule has 3 aromatic rings. The summed E-state index contributed by atoms with van der Waals surface area (Å²) in [5.41, 5.74) is 9.12. The highest BCUT2D eigenvalue weighted by atomic mass is 16.2. The highest BCUT2D eigenvalue weighted by Gasteiger charge is 2.11. The average molecular weight is 390 g/mol. The van der Waals surface area contributed by atoms with Crippen molar-refractivity contribution in [3.8, 4) is 11.3 Å². The molecule has 0 atom stereocenters. The Morgan fingerprint density at radius 2 is 1.79 bits per heavy atom. The van der Waals surface area contributed by atoms with Crippen LogP contribution in [0, 0.1) is 13.8 Å². The van der Waals surface area contributed by atoms with E-state index >= 15 is 0 Å². The molecular formula is C23H27N5O. The molecule has 3 rings (SSSR count). The summed E-state index contributed by atoms with van der Waals surface area (Å²) in [4.78, 5) is 14.6. The fourth-order valence-electron chi connectivity index (χ4n) is 3.07. The summed E-state index contributed by atoms with van der Waals surface area (Å²) < 4.78 is 0. The number of hydrazone groups is 1. The molecule has 0 bridgehead atoms. The zero-order valence-electron chi connectivity index (χ0n) is 17.4. The molecule has 2 aromatic carbocycles. The molecule has 1 amide bonds. The summed E-state index contributed by atoms with van der Waals surface area (Å²) in [7, 11) is 0. The zero-order valence-corrected chi connectivity index (χ0v) is 17.4. The van der Waals surface area contributed by atoms with Crippen LogP contribution in [0.4, 0.5) is 5.69 Å². The summed E-state index contributed by atoms with van der Waals surface area (Å²) in [5, 5.41) is 11.1. The number of hydrogen-bond donors (Lipinski definition) is 2. The molecule has 29 heavy (non-hydrogen) atoms. The lowest BCUT2D eigenvalue weighted by Crippen LogP contribution is -2.21. The van der Waals surface area contributed by atoms with Gasteiger partial charge in [-0.1, -0.05) is 24.3 Å². The van der Waals surface area contributed by atoms with Gasteiger partial charge in [0, 0.05) is 24.3 Å². The molecule has 0 spiro atoms. The quantitative estimate of drug-likeness (QED) is 0.467. The van der Waals surface area contributed by atoms with Gasteiger partial charge >= 0.3 is 0 Å². The monoisotopic (exact) mass is 389 g/mol. The molecule has 6 heteroatoms. The van der Waals surface area contributed by atoms with Gasteiger partial charge in [0.25, 0.3) is 5.91 Å². The van der Waals surface area contributed by atoms with Gasteiger partial charge in [-0.05, 0) is 68.7 Å². The summed E-state index contributed by atoms with van der Waals surface area (Å²) in [5.74, 6) is -0.330. The molecule has 0 aliphatic heterocycles. The van der Waals surface area contributed by atoms with Crippen molar-refractivity contribution in [1.82, 2.24) is 15.6 Å². The van der Waals surface area contributed by atoms with E-state index < -0.39 is 0 Å². The third-order valence-electron chi connectivity index (χ3n) is 5.03. The lowest BCUT2D eigenvalue weighted by Gasteiger charge is -2.20. The van der Waals surface area contributed by atoms with Crippen molar-refractivity contribution < 1.29 is 4.79 Å². The molecule has 0 unspecified atom stereocenters. The number of H-pyrrole nitrogens is 1. The Labute approximate surface area is 171 Å². The Morgan fingerprint density at radius 1 is 1.07 bits per heavy atom. The van der Waals surface area contributed by atoms with Crippen LogP contribution in [0.15, 0.2) is 53.6 Å². The number of rotatable bonds is 7. The van der Waals surface area contributed by atoms with Crippen LogP contribution >= 0.6 is 0 Å². The molecule has 2 N–H and O–H groups in total. The number of carbonyl (C=O) groups is 1. The summed E-state index contributed by atoms with van der Waals surface area (Å²) in [6, 6.07) is 15.9. The van der Waals surface area contributed by atoms with E-state index in [0.29, 0.717) is 5.69 Å². The minimum atomic E-state index is -0.330. The van der Waals surface area contributed by atoms with Crippen molar-refractivity contribution in [3.63, 3.8) is 0 Å². The Hall–Kier alpha value is -3.41. The smallest absolute Gasteiger partial charge is 0.289 e.